The number of aryl methyl sites for hydroxylation is 2. The molecule has 3 rings (SSSR count). The maximum absolute atomic E-state index is 12.9. The summed E-state index contributed by atoms with van der Waals surface area (Å²) in [5, 5.41) is 3.01. The van der Waals surface area contributed by atoms with Gasteiger partial charge in [0.25, 0.3) is 0 Å². The second-order valence-corrected chi connectivity index (χ2v) is 6.99. The lowest BCUT2D eigenvalue weighted by atomic mass is 9.97. The summed E-state index contributed by atoms with van der Waals surface area (Å²) >= 11 is 0. The minimum Gasteiger partial charge on any atom is -0.356 e. The fourth-order valence-corrected chi connectivity index (χ4v) is 3.29. The zero-order valence-corrected chi connectivity index (χ0v) is 15.3. The van der Waals surface area contributed by atoms with E-state index >= 15 is 0 Å². The van der Waals surface area contributed by atoms with Crippen molar-refractivity contribution in [1.29, 1.82) is 0 Å². The number of rotatable bonds is 5. The van der Waals surface area contributed by atoms with Gasteiger partial charge in [-0.15, -0.1) is 0 Å². The number of hydrogen-bond acceptors (Lipinski definition) is 4. The Morgan fingerprint density at radius 2 is 1.77 bits per heavy atom. The molecule has 1 fully saturated rings. The lowest BCUT2D eigenvalue weighted by Crippen LogP contribution is -2.39. The van der Waals surface area contributed by atoms with Gasteiger partial charge in [0.1, 0.15) is 5.82 Å². The molecule has 6 heteroatoms. The molecule has 2 heterocycles. The molecular formula is C20H25FN4O. The molecule has 1 saturated heterocycles. The summed E-state index contributed by atoms with van der Waals surface area (Å²) in [6.45, 7) is 6.47. The van der Waals surface area contributed by atoms with Crippen molar-refractivity contribution >= 4 is 11.9 Å². The van der Waals surface area contributed by atoms with Crippen molar-refractivity contribution in [3.63, 3.8) is 0 Å². The molecule has 0 bridgehead atoms. The van der Waals surface area contributed by atoms with Gasteiger partial charge < -0.3 is 10.2 Å². The van der Waals surface area contributed by atoms with Gasteiger partial charge >= 0.3 is 0 Å². The van der Waals surface area contributed by atoms with Crippen molar-refractivity contribution in [2.24, 2.45) is 5.92 Å². The molecular weight excluding hydrogens is 331 g/mol. The fraction of sp³-hybridized carbons (Fsp3) is 0.450. The van der Waals surface area contributed by atoms with Crippen LogP contribution in [0.25, 0.3) is 0 Å². The highest BCUT2D eigenvalue weighted by Gasteiger charge is 2.21. The standard InChI is InChI=1S/C20H25FN4O/c1-14-11-15(2)24-20(23-14)25-9-7-17(8-10-25)13-22-19(26)12-16-3-5-18(21)6-4-16/h3-6,11,17H,7-10,12-13H2,1-2H3,(H,22,26). The summed E-state index contributed by atoms with van der Waals surface area (Å²) < 4.78 is 12.9. The molecule has 1 aromatic heterocycles. The number of carbonyl (C=O) groups is 1. The van der Waals surface area contributed by atoms with Crippen molar-refractivity contribution in [2.45, 2.75) is 33.1 Å². The number of nitrogens with zero attached hydrogens (tertiary/aromatic N) is 3. The Morgan fingerprint density at radius 3 is 2.38 bits per heavy atom. The minimum atomic E-state index is -0.284. The first-order valence-corrected chi connectivity index (χ1v) is 9.08. The summed E-state index contributed by atoms with van der Waals surface area (Å²) in [6, 6.07) is 8.04. The molecule has 0 spiro atoms. The van der Waals surface area contributed by atoms with Crippen molar-refractivity contribution in [1.82, 2.24) is 15.3 Å². The van der Waals surface area contributed by atoms with Crippen molar-refractivity contribution in [2.75, 3.05) is 24.5 Å². The van der Waals surface area contributed by atoms with E-state index < -0.39 is 0 Å². The summed E-state index contributed by atoms with van der Waals surface area (Å²) in [7, 11) is 0. The van der Waals surface area contributed by atoms with E-state index in [9.17, 15) is 9.18 Å². The first kappa shape index (κ1) is 18.3. The lowest BCUT2D eigenvalue weighted by molar-refractivity contribution is -0.120. The molecule has 0 aliphatic carbocycles. The quantitative estimate of drug-likeness (QED) is 0.895. The smallest absolute Gasteiger partial charge is 0.225 e. The number of amides is 1. The van der Waals surface area contributed by atoms with E-state index in [0.29, 0.717) is 12.5 Å². The summed E-state index contributed by atoms with van der Waals surface area (Å²) in [6.07, 6.45) is 2.30. The van der Waals surface area contributed by atoms with Crippen LogP contribution in [0.1, 0.15) is 29.8 Å². The van der Waals surface area contributed by atoms with Crippen LogP contribution in [-0.2, 0) is 11.2 Å². The topological polar surface area (TPSA) is 58.1 Å². The van der Waals surface area contributed by atoms with Crippen LogP contribution in [0, 0.1) is 25.6 Å². The largest absolute Gasteiger partial charge is 0.356 e. The summed E-state index contributed by atoms with van der Waals surface area (Å²) in [5.41, 5.74) is 2.80. The van der Waals surface area contributed by atoms with Gasteiger partial charge in [0, 0.05) is 31.0 Å². The third-order valence-corrected chi connectivity index (χ3v) is 4.73. The van der Waals surface area contributed by atoms with Crippen molar-refractivity contribution in [3.05, 3.63) is 53.1 Å². The Kier molecular flexibility index (Phi) is 5.81. The highest BCUT2D eigenvalue weighted by molar-refractivity contribution is 5.78. The monoisotopic (exact) mass is 356 g/mol. The molecule has 0 unspecified atom stereocenters. The lowest BCUT2D eigenvalue weighted by Gasteiger charge is -2.32. The molecule has 1 aliphatic heterocycles. The van der Waals surface area contributed by atoms with Crippen LogP contribution in [0.5, 0.6) is 0 Å². The number of piperidine rings is 1. The molecule has 1 N–H and O–H groups in total. The molecule has 1 aliphatic rings. The summed E-state index contributed by atoms with van der Waals surface area (Å²) in [4.78, 5) is 23.3. The zero-order valence-electron chi connectivity index (χ0n) is 15.3. The molecule has 5 nitrogen and oxygen atoms in total. The molecule has 138 valence electrons. The van der Waals surface area contributed by atoms with Crippen LogP contribution in [0.4, 0.5) is 10.3 Å². The SMILES string of the molecule is Cc1cc(C)nc(N2CCC(CNC(=O)Cc3ccc(F)cc3)CC2)n1. The van der Waals surface area contributed by atoms with E-state index in [-0.39, 0.29) is 18.1 Å². The van der Waals surface area contributed by atoms with Gasteiger partial charge in [-0.05, 0) is 56.4 Å². The van der Waals surface area contributed by atoms with Crippen molar-refractivity contribution in [3.8, 4) is 0 Å². The van der Waals surface area contributed by atoms with Gasteiger partial charge in [-0.1, -0.05) is 12.1 Å². The Hall–Kier alpha value is -2.50. The van der Waals surface area contributed by atoms with E-state index in [4.69, 9.17) is 0 Å². The predicted octanol–water partition coefficient (Wildman–Crippen LogP) is 2.81. The van der Waals surface area contributed by atoms with E-state index in [1.54, 1.807) is 12.1 Å². The maximum Gasteiger partial charge on any atom is 0.225 e. The normalized spacial score (nSPS) is 15.1. The van der Waals surface area contributed by atoms with Gasteiger partial charge in [-0.2, -0.15) is 0 Å². The van der Waals surface area contributed by atoms with E-state index in [1.165, 1.54) is 12.1 Å². The molecule has 26 heavy (non-hydrogen) atoms. The number of nitrogens with one attached hydrogen (secondary N) is 1. The molecule has 0 radical (unpaired) electrons. The van der Waals surface area contributed by atoms with Gasteiger partial charge in [0.15, 0.2) is 0 Å². The van der Waals surface area contributed by atoms with E-state index in [0.717, 1.165) is 48.8 Å². The third-order valence-electron chi connectivity index (χ3n) is 4.73. The van der Waals surface area contributed by atoms with E-state index in [1.807, 2.05) is 19.9 Å². The third kappa shape index (κ3) is 5.00. The van der Waals surface area contributed by atoms with Crippen LogP contribution >= 0.6 is 0 Å². The Balaban J connectivity index is 1.43. The minimum absolute atomic E-state index is 0.0170. The predicted molar refractivity (Wildman–Crippen MR) is 99.6 cm³/mol. The number of hydrogen-bond donors (Lipinski definition) is 1. The second-order valence-electron chi connectivity index (χ2n) is 6.99. The second kappa shape index (κ2) is 8.25. The molecule has 0 atom stereocenters. The molecule has 1 aromatic carbocycles. The molecule has 2 aromatic rings. The van der Waals surface area contributed by atoms with Crippen LogP contribution in [0.2, 0.25) is 0 Å². The zero-order chi connectivity index (χ0) is 18.5. The van der Waals surface area contributed by atoms with Crippen LogP contribution < -0.4 is 10.2 Å². The van der Waals surface area contributed by atoms with Gasteiger partial charge in [-0.25, -0.2) is 14.4 Å². The van der Waals surface area contributed by atoms with Crippen LogP contribution in [-0.4, -0.2) is 35.5 Å². The average Bonchev–Trinajstić information content (AvgIpc) is 2.61. The van der Waals surface area contributed by atoms with Gasteiger partial charge in [0.2, 0.25) is 11.9 Å². The van der Waals surface area contributed by atoms with Gasteiger partial charge in [-0.3, -0.25) is 4.79 Å². The van der Waals surface area contributed by atoms with E-state index in [2.05, 4.69) is 20.2 Å². The Morgan fingerprint density at radius 1 is 1.15 bits per heavy atom. The first-order valence-electron chi connectivity index (χ1n) is 9.08. The average molecular weight is 356 g/mol. The first-order chi connectivity index (χ1) is 12.5. The number of benzene rings is 1. The fourth-order valence-electron chi connectivity index (χ4n) is 3.29. The number of aromatic nitrogens is 2. The number of anilines is 1. The van der Waals surface area contributed by atoms with Gasteiger partial charge in [0.05, 0.1) is 6.42 Å². The summed E-state index contributed by atoms with van der Waals surface area (Å²) in [5.74, 6) is 0.973. The number of carbonyl (C=O) groups excluding carboxylic acids is 1. The molecule has 0 saturated carbocycles. The highest BCUT2D eigenvalue weighted by Crippen LogP contribution is 2.20. The number of halogens is 1. The molecule has 1 amide bonds. The van der Waals surface area contributed by atoms with Crippen LogP contribution in [0.3, 0.4) is 0 Å². The maximum atomic E-state index is 12.9. The van der Waals surface area contributed by atoms with Crippen molar-refractivity contribution < 1.29 is 9.18 Å². The van der Waals surface area contributed by atoms with Crippen LogP contribution in [0.15, 0.2) is 30.3 Å². The highest BCUT2D eigenvalue weighted by atomic mass is 19.1. The Labute approximate surface area is 153 Å². The Bertz CT molecular complexity index is 735.